The highest BCUT2D eigenvalue weighted by molar-refractivity contribution is 4.79. The van der Waals surface area contributed by atoms with Crippen LogP contribution in [0, 0.1) is 0 Å². The maximum Gasteiger partial charge on any atom is 0.152 e. The standard InChI is InChI=1S/C7H14N4O/c1-11-7(9-6-10-11)5-12-4-2-3-8/h6H,2-5,8H2,1H3. The number of nitrogens with two attached hydrogens (primary N) is 1. The molecule has 0 aromatic carbocycles. The van der Waals surface area contributed by atoms with E-state index in [1.54, 1.807) is 4.68 Å². The molecule has 0 spiro atoms. The van der Waals surface area contributed by atoms with Crippen molar-refractivity contribution in [1.82, 2.24) is 14.8 Å². The van der Waals surface area contributed by atoms with E-state index in [1.807, 2.05) is 7.05 Å². The third-order valence-corrected chi connectivity index (χ3v) is 1.53. The molecule has 0 aliphatic heterocycles. The first-order valence-corrected chi connectivity index (χ1v) is 3.95. The molecule has 0 unspecified atom stereocenters. The Morgan fingerprint density at radius 3 is 3.08 bits per heavy atom. The van der Waals surface area contributed by atoms with Crippen LogP contribution in [-0.4, -0.2) is 27.9 Å². The molecule has 0 saturated heterocycles. The first-order chi connectivity index (χ1) is 5.84. The number of ether oxygens (including phenoxy) is 1. The van der Waals surface area contributed by atoms with Gasteiger partial charge in [-0.1, -0.05) is 0 Å². The van der Waals surface area contributed by atoms with E-state index in [1.165, 1.54) is 6.33 Å². The summed E-state index contributed by atoms with van der Waals surface area (Å²) in [5.41, 5.74) is 5.30. The Balaban J connectivity index is 2.20. The van der Waals surface area contributed by atoms with E-state index in [9.17, 15) is 0 Å². The van der Waals surface area contributed by atoms with E-state index >= 15 is 0 Å². The minimum Gasteiger partial charge on any atom is -0.373 e. The summed E-state index contributed by atoms with van der Waals surface area (Å²) < 4.78 is 6.99. The summed E-state index contributed by atoms with van der Waals surface area (Å²) >= 11 is 0. The van der Waals surface area contributed by atoms with Gasteiger partial charge in [-0.25, -0.2) is 4.98 Å². The van der Waals surface area contributed by atoms with Gasteiger partial charge in [0.15, 0.2) is 5.82 Å². The number of aromatic nitrogens is 3. The highest BCUT2D eigenvalue weighted by Crippen LogP contribution is 1.93. The highest BCUT2D eigenvalue weighted by atomic mass is 16.5. The summed E-state index contributed by atoms with van der Waals surface area (Å²) in [6.07, 6.45) is 2.40. The van der Waals surface area contributed by atoms with Crippen LogP contribution in [0.1, 0.15) is 12.2 Å². The van der Waals surface area contributed by atoms with Gasteiger partial charge in [-0.15, -0.1) is 0 Å². The average molecular weight is 170 g/mol. The molecule has 5 heteroatoms. The quantitative estimate of drug-likeness (QED) is 0.615. The van der Waals surface area contributed by atoms with Crippen LogP contribution in [0.5, 0.6) is 0 Å². The van der Waals surface area contributed by atoms with Gasteiger partial charge in [-0.2, -0.15) is 5.10 Å². The Hall–Kier alpha value is -0.940. The molecular formula is C7H14N4O. The molecule has 12 heavy (non-hydrogen) atoms. The normalized spacial score (nSPS) is 10.5. The van der Waals surface area contributed by atoms with Gasteiger partial charge in [0.05, 0.1) is 0 Å². The van der Waals surface area contributed by atoms with Crippen molar-refractivity contribution < 1.29 is 4.74 Å². The summed E-state index contributed by atoms with van der Waals surface area (Å²) in [4.78, 5) is 4.01. The van der Waals surface area contributed by atoms with Crippen molar-refractivity contribution in [2.75, 3.05) is 13.2 Å². The van der Waals surface area contributed by atoms with Crippen LogP contribution in [0.4, 0.5) is 0 Å². The van der Waals surface area contributed by atoms with Crippen LogP contribution in [-0.2, 0) is 18.4 Å². The monoisotopic (exact) mass is 170 g/mol. The molecule has 5 nitrogen and oxygen atoms in total. The van der Waals surface area contributed by atoms with Crippen molar-refractivity contribution >= 4 is 0 Å². The van der Waals surface area contributed by atoms with Crippen LogP contribution < -0.4 is 5.73 Å². The summed E-state index contributed by atoms with van der Waals surface area (Å²) in [5, 5.41) is 3.92. The lowest BCUT2D eigenvalue weighted by Gasteiger charge is -2.01. The predicted octanol–water partition coefficient (Wildman–Crippen LogP) is -0.319. The molecule has 0 fully saturated rings. The third kappa shape index (κ3) is 2.60. The second-order valence-corrected chi connectivity index (χ2v) is 2.49. The van der Waals surface area contributed by atoms with E-state index in [-0.39, 0.29) is 0 Å². The van der Waals surface area contributed by atoms with Crippen LogP contribution in [0.2, 0.25) is 0 Å². The van der Waals surface area contributed by atoms with Gasteiger partial charge in [-0.05, 0) is 13.0 Å². The molecular weight excluding hydrogens is 156 g/mol. The molecule has 0 aliphatic rings. The van der Waals surface area contributed by atoms with Crippen molar-refractivity contribution in [3.8, 4) is 0 Å². The molecule has 1 aromatic heterocycles. The van der Waals surface area contributed by atoms with Crippen molar-refractivity contribution in [2.45, 2.75) is 13.0 Å². The van der Waals surface area contributed by atoms with E-state index < -0.39 is 0 Å². The van der Waals surface area contributed by atoms with Gasteiger partial charge < -0.3 is 10.5 Å². The smallest absolute Gasteiger partial charge is 0.152 e. The molecule has 0 aliphatic carbocycles. The van der Waals surface area contributed by atoms with E-state index in [2.05, 4.69) is 10.1 Å². The lowest BCUT2D eigenvalue weighted by atomic mass is 10.5. The summed E-state index contributed by atoms with van der Waals surface area (Å²) in [6.45, 7) is 1.86. The minimum atomic E-state index is 0.510. The topological polar surface area (TPSA) is 66.0 Å². The first kappa shape index (κ1) is 9.15. The van der Waals surface area contributed by atoms with Crippen molar-refractivity contribution in [3.63, 3.8) is 0 Å². The predicted molar refractivity (Wildman–Crippen MR) is 44.3 cm³/mol. The SMILES string of the molecule is Cn1ncnc1COCCCN. The summed E-state index contributed by atoms with van der Waals surface area (Å²) in [5.74, 6) is 0.840. The van der Waals surface area contributed by atoms with Crippen molar-refractivity contribution in [1.29, 1.82) is 0 Å². The van der Waals surface area contributed by atoms with Gasteiger partial charge >= 0.3 is 0 Å². The number of hydrogen-bond donors (Lipinski definition) is 1. The molecule has 2 N–H and O–H groups in total. The largest absolute Gasteiger partial charge is 0.373 e. The summed E-state index contributed by atoms with van der Waals surface area (Å²) in [7, 11) is 1.84. The molecule has 0 atom stereocenters. The van der Waals surface area contributed by atoms with Crippen LogP contribution in [0.15, 0.2) is 6.33 Å². The Morgan fingerprint density at radius 2 is 2.50 bits per heavy atom. The molecule has 1 heterocycles. The van der Waals surface area contributed by atoms with Gasteiger partial charge in [0.2, 0.25) is 0 Å². The molecule has 1 rings (SSSR count). The maximum absolute atomic E-state index is 5.30. The van der Waals surface area contributed by atoms with Gasteiger partial charge in [0, 0.05) is 13.7 Å². The maximum atomic E-state index is 5.30. The zero-order valence-corrected chi connectivity index (χ0v) is 7.23. The Kier molecular flexibility index (Phi) is 3.69. The third-order valence-electron chi connectivity index (χ3n) is 1.53. The average Bonchev–Trinajstić information content (AvgIpc) is 2.46. The van der Waals surface area contributed by atoms with Crippen molar-refractivity contribution in [2.24, 2.45) is 12.8 Å². The van der Waals surface area contributed by atoms with Gasteiger partial charge in [-0.3, -0.25) is 4.68 Å². The Labute approximate surface area is 71.5 Å². The molecule has 0 bridgehead atoms. The Morgan fingerprint density at radius 1 is 1.67 bits per heavy atom. The molecule has 0 saturated carbocycles. The zero-order valence-electron chi connectivity index (χ0n) is 7.23. The minimum absolute atomic E-state index is 0.510. The lowest BCUT2D eigenvalue weighted by molar-refractivity contribution is 0.112. The fourth-order valence-electron chi connectivity index (χ4n) is 0.800. The van der Waals surface area contributed by atoms with Crippen LogP contribution >= 0.6 is 0 Å². The number of aryl methyl sites for hydroxylation is 1. The number of rotatable bonds is 5. The molecule has 0 amide bonds. The lowest BCUT2D eigenvalue weighted by Crippen LogP contribution is -2.07. The van der Waals surface area contributed by atoms with E-state index in [0.717, 1.165) is 12.2 Å². The molecule has 68 valence electrons. The van der Waals surface area contributed by atoms with Crippen LogP contribution in [0.3, 0.4) is 0 Å². The van der Waals surface area contributed by atoms with E-state index in [4.69, 9.17) is 10.5 Å². The van der Waals surface area contributed by atoms with Crippen molar-refractivity contribution in [3.05, 3.63) is 12.2 Å². The summed E-state index contributed by atoms with van der Waals surface area (Å²) in [6, 6.07) is 0. The second kappa shape index (κ2) is 4.84. The van der Waals surface area contributed by atoms with E-state index in [0.29, 0.717) is 19.8 Å². The number of nitrogens with zero attached hydrogens (tertiary/aromatic N) is 3. The fraction of sp³-hybridized carbons (Fsp3) is 0.714. The highest BCUT2D eigenvalue weighted by Gasteiger charge is 1.98. The molecule has 1 aromatic rings. The number of hydrogen-bond acceptors (Lipinski definition) is 4. The van der Waals surface area contributed by atoms with Gasteiger partial charge in [0.1, 0.15) is 12.9 Å². The first-order valence-electron chi connectivity index (χ1n) is 3.95. The Bertz CT molecular complexity index is 223. The van der Waals surface area contributed by atoms with Crippen LogP contribution in [0.25, 0.3) is 0 Å². The second-order valence-electron chi connectivity index (χ2n) is 2.49. The van der Waals surface area contributed by atoms with Gasteiger partial charge in [0.25, 0.3) is 0 Å². The molecule has 0 radical (unpaired) electrons. The zero-order chi connectivity index (χ0) is 8.81. The fourth-order valence-corrected chi connectivity index (χ4v) is 0.800.